The first-order valence-electron chi connectivity index (χ1n) is 11.8. The SMILES string of the molecule is COCCCN1C(=O)c2cc(-c3ccco3)nn2CC1(C)C(=O)NC1CCCCCCC1. The number of nitrogens with zero attached hydrogens (tertiary/aromatic N) is 3. The topological polar surface area (TPSA) is 89.6 Å². The van der Waals surface area contributed by atoms with Crippen LogP contribution in [0.1, 0.15) is 68.8 Å². The summed E-state index contributed by atoms with van der Waals surface area (Å²) >= 11 is 0. The Bertz CT molecular complexity index is 915. The predicted octanol–water partition coefficient (Wildman–Crippen LogP) is 3.62. The molecule has 0 aromatic carbocycles. The van der Waals surface area contributed by atoms with Gasteiger partial charge >= 0.3 is 0 Å². The molecule has 4 rings (SSSR count). The average molecular weight is 443 g/mol. The average Bonchev–Trinajstić information content (AvgIpc) is 3.42. The molecule has 32 heavy (non-hydrogen) atoms. The number of rotatable bonds is 7. The minimum absolute atomic E-state index is 0.102. The Balaban J connectivity index is 1.60. The third-order valence-corrected chi connectivity index (χ3v) is 6.73. The van der Waals surface area contributed by atoms with E-state index in [1.165, 1.54) is 19.3 Å². The number of amides is 2. The minimum atomic E-state index is -1.02. The summed E-state index contributed by atoms with van der Waals surface area (Å²) in [6.45, 7) is 3.14. The van der Waals surface area contributed by atoms with E-state index in [-0.39, 0.29) is 17.9 Å². The van der Waals surface area contributed by atoms with Gasteiger partial charge < -0.3 is 19.4 Å². The van der Waals surface area contributed by atoms with Gasteiger partial charge in [0.15, 0.2) is 5.76 Å². The molecule has 1 saturated carbocycles. The summed E-state index contributed by atoms with van der Waals surface area (Å²) in [4.78, 5) is 28.8. The van der Waals surface area contributed by atoms with Gasteiger partial charge in [-0.3, -0.25) is 14.3 Å². The van der Waals surface area contributed by atoms with Crippen molar-refractivity contribution in [2.75, 3.05) is 20.3 Å². The lowest BCUT2D eigenvalue weighted by Gasteiger charge is -2.44. The van der Waals surface area contributed by atoms with Crippen LogP contribution in [0.3, 0.4) is 0 Å². The molecule has 1 aliphatic carbocycles. The highest BCUT2D eigenvalue weighted by atomic mass is 16.5. The molecule has 0 saturated heterocycles. The first-order chi connectivity index (χ1) is 15.5. The Hall–Kier alpha value is -2.61. The largest absolute Gasteiger partial charge is 0.463 e. The lowest BCUT2D eigenvalue weighted by Crippen LogP contribution is -2.65. The van der Waals surface area contributed by atoms with E-state index in [9.17, 15) is 9.59 Å². The summed E-state index contributed by atoms with van der Waals surface area (Å²) in [6.07, 6.45) is 10.2. The normalized spacial score (nSPS) is 22.3. The molecular formula is C24H34N4O4. The third-order valence-electron chi connectivity index (χ3n) is 6.73. The molecule has 2 amide bonds. The summed E-state index contributed by atoms with van der Waals surface area (Å²) in [5.74, 6) is 0.314. The summed E-state index contributed by atoms with van der Waals surface area (Å²) in [6, 6.07) is 5.51. The Morgan fingerprint density at radius 3 is 2.72 bits per heavy atom. The van der Waals surface area contributed by atoms with Crippen molar-refractivity contribution in [1.29, 1.82) is 0 Å². The Morgan fingerprint density at radius 2 is 2.03 bits per heavy atom. The fourth-order valence-electron chi connectivity index (χ4n) is 4.84. The summed E-state index contributed by atoms with van der Waals surface area (Å²) in [5.41, 5.74) is 0.0528. The quantitative estimate of drug-likeness (QED) is 0.662. The van der Waals surface area contributed by atoms with Crippen molar-refractivity contribution in [2.24, 2.45) is 0 Å². The van der Waals surface area contributed by atoms with E-state index >= 15 is 0 Å². The highest BCUT2D eigenvalue weighted by molar-refractivity contribution is 6.00. The number of hydrogen-bond donors (Lipinski definition) is 1. The molecule has 0 radical (unpaired) electrons. The van der Waals surface area contributed by atoms with Crippen LogP contribution in [0.5, 0.6) is 0 Å². The van der Waals surface area contributed by atoms with Crippen molar-refractivity contribution in [1.82, 2.24) is 20.0 Å². The predicted molar refractivity (Wildman–Crippen MR) is 120 cm³/mol. The van der Waals surface area contributed by atoms with Crippen LogP contribution >= 0.6 is 0 Å². The van der Waals surface area contributed by atoms with E-state index in [0.29, 0.717) is 43.3 Å². The first kappa shape index (κ1) is 22.6. The highest BCUT2D eigenvalue weighted by Crippen LogP contribution is 2.31. The van der Waals surface area contributed by atoms with E-state index < -0.39 is 5.54 Å². The first-order valence-corrected chi connectivity index (χ1v) is 11.8. The van der Waals surface area contributed by atoms with Crippen molar-refractivity contribution < 1.29 is 18.7 Å². The van der Waals surface area contributed by atoms with Gasteiger partial charge in [0.1, 0.15) is 16.9 Å². The van der Waals surface area contributed by atoms with Crippen LogP contribution in [-0.4, -0.2) is 58.3 Å². The van der Waals surface area contributed by atoms with Crippen LogP contribution in [0.15, 0.2) is 28.9 Å². The second kappa shape index (κ2) is 9.90. The Labute approximate surface area is 189 Å². The van der Waals surface area contributed by atoms with Crippen LogP contribution in [-0.2, 0) is 16.1 Å². The minimum Gasteiger partial charge on any atom is -0.463 e. The second-order valence-corrected chi connectivity index (χ2v) is 9.14. The lowest BCUT2D eigenvalue weighted by atomic mass is 9.92. The van der Waals surface area contributed by atoms with Gasteiger partial charge in [-0.05, 0) is 38.3 Å². The molecule has 8 nitrogen and oxygen atoms in total. The van der Waals surface area contributed by atoms with Crippen LogP contribution in [0.2, 0.25) is 0 Å². The van der Waals surface area contributed by atoms with Crippen molar-refractivity contribution in [2.45, 2.75) is 76.4 Å². The smallest absolute Gasteiger partial charge is 0.273 e. The maximum absolute atomic E-state index is 13.6. The molecule has 0 spiro atoms. The lowest BCUT2D eigenvalue weighted by molar-refractivity contribution is -0.134. The monoisotopic (exact) mass is 442 g/mol. The fraction of sp³-hybridized carbons (Fsp3) is 0.625. The number of aromatic nitrogens is 2. The molecular weight excluding hydrogens is 408 g/mol. The maximum Gasteiger partial charge on any atom is 0.273 e. The zero-order valence-electron chi connectivity index (χ0n) is 19.1. The van der Waals surface area contributed by atoms with Gasteiger partial charge in [0, 0.05) is 32.4 Å². The molecule has 2 aliphatic rings. The number of carbonyl (C=O) groups is 2. The Kier molecular flexibility index (Phi) is 6.98. The van der Waals surface area contributed by atoms with Crippen LogP contribution in [0, 0.1) is 0 Å². The molecule has 3 heterocycles. The second-order valence-electron chi connectivity index (χ2n) is 9.14. The molecule has 2 aromatic heterocycles. The maximum atomic E-state index is 13.6. The number of carbonyl (C=O) groups excluding carboxylic acids is 2. The summed E-state index contributed by atoms with van der Waals surface area (Å²) in [5, 5.41) is 7.88. The molecule has 1 unspecified atom stereocenters. The highest BCUT2D eigenvalue weighted by Gasteiger charge is 2.48. The molecule has 8 heteroatoms. The molecule has 174 valence electrons. The van der Waals surface area contributed by atoms with Gasteiger partial charge in [-0.15, -0.1) is 0 Å². The van der Waals surface area contributed by atoms with Crippen LogP contribution in [0.25, 0.3) is 11.5 Å². The number of furan rings is 1. The number of nitrogens with one attached hydrogen (secondary N) is 1. The number of ether oxygens (including phenoxy) is 1. The van der Waals surface area contributed by atoms with E-state index in [0.717, 1.165) is 25.7 Å². The molecule has 1 N–H and O–H groups in total. The van der Waals surface area contributed by atoms with Gasteiger partial charge in [-0.1, -0.05) is 32.1 Å². The molecule has 1 aliphatic heterocycles. The molecule has 2 aromatic rings. The summed E-state index contributed by atoms with van der Waals surface area (Å²) < 4.78 is 12.3. The zero-order chi connectivity index (χ0) is 22.6. The fourth-order valence-corrected chi connectivity index (χ4v) is 4.84. The van der Waals surface area contributed by atoms with E-state index in [2.05, 4.69) is 10.4 Å². The van der Waals surface area contributed by atoms with Gasteiger partial charge in [-0.25, -0.2) is 0 Å². The van der Waals surface area contributed by atoms with Gasteiger partial charge in [0.25, 0.3) is 5.91 Å². The number of hydrogen-bond acceptors (Lipinski definition) is 5. The van der Waals surface area contributed by atoms with Gasteiger partial charge in [-0.2, -0.15) is 5.10 Å². The van der Waals surface area contributed by atoms with Gasteiger partial charge in [0.05, 0.1) is 12.8 Å². The van der Waals surface area contributed by atoms with E-state index in [1.54, 1.807) is 35.1 Å². The van der Waals surface area contributed by atoms with Crippen molar-refractivity contribution in [3.63, 3.8) is 0 Å². The molecule has 1 fully saturated rings. The van der Waals surface area contributed by atoms with E-state index in [1.807, 2.05) is 13.0 Å². The van der Waals surface area contributed by atoms with Gasteiger partial charge in [0.2, 0.25) is 5.91 Å². The Morgan fingerprint density at radius 1 is 1.28 bits per heavy atom. The van der Waals surface area contributed by atoms with Crippen molar-refractivity contribution >= 4 is 11.8 Å². The molecule has 1 atom stereocenters. The zero-order valence-corrected chi connectivity index (χ0v) is 19.1. The van der Waals surface area contributed by atoms with Crippen molar-refractivity contribution in [3.05, 3.63) is 30.2 Å². The summed E-state index contributed by atoms with van der Waals surface area (Å²) in [7, 11) is 1.64. The van der Waals surface area contributed by atoms with E-state index in [4.69, 9.17) is 9.15 Å². The number of fused-ring (bicyclic) bond motifs is 1. The molecule has 0 bridgehead atoms. The standard InChI is InChI=1S/C24H34N4O4/c1-24(23(30)25-18-10-6-4-3-5-7-11-18)17-28-20(22(29)27(24)13-9-14-31-2)16-19(26-28)21-12-8-15-32-21/h8,12,15-16,18H,3-7,9-11,13-14,17H2,1-2H3,(H,25,30). The third kappa shape index (κ3) is 4.60. The number of methoxy groups -OCH3 is 1. The van der Waals surface area contributed by atoms with Crippen molar-refractivity contribution in [3.8, 4) is 11.5 Å². The van der Waals surface area contributed by atoms with Crippen LogP contribution < -0.4 is 5.32 Å². The van der Waals surface area contributed by atoms with Crippen LogP contribution in [0.4, 0.5) is 0 Å².